The summed E-state index contributed by atoms with van der Waals surface area (Å²) in [6.45, 7) is 3.35. The SMILES string of the molecule is CCCCCCCCCCCCOc1ccc(CN(C(=O)c2cccc[n+]2C)c2ccccc2)cc1Cl.[I-]. The first-order valence-corrected chi connectivity index (χ1v) is 14.2. The highest BCUT2D eigenvalue weighted by molar-refractivity contribution is 6.32. The Morgan fingerprint density at radius 1 is 0.842 bits per heavy atom. The molecule has 38 heavy (non-hydrogen) atoms. The summed E-state index contributed by atoms with van der Waals surface area (Å²) in [5, 5.41) is 0.579. The number of unbranched alkanes of at least 4 members (excludes halogenated alkanes) is 9. The number of aryl methyl sites for hydroxylation is 1. The van der Waals surface area contributed by atoms with Gasteiger partial charge in [-0.3, -0.25) is 9.69 Å². The van der Waals surface area contributed by atoms with Crippen LogP contribution in [0.25, 0.3) is 0 Å². The van der Waals surface area contributed by atoms with E-state index in [4.69, 9.17) is 16.3 Å². The number of nitrogens with zero attached hydrogens (tertiary/aromatic N) is 2. The first kappa shape index (κ1) is 32.1. The Morgan fingerprint density at radius 2 is 1.47 bits per heavy atom. The number of amides is 1. The third-order valence-electron chi connectivity index (χ3n) is 6.68. The van der Waals surface area contributed by atoms with Crippen LogP contribution in [0.15, 0.2) is 72.9 Å². The smallest absolute Gasteiger partial charge is 0.323 e. The Morgan fingerprint density at radius 3 is 2.11 bits per heavy atom. The predicted octanol–water partition coefficient (Wildman–Crippen LogP) is 5.32. The van der Waals surface area contributed by atoms with Crippen LogP contribution in [0.2, 0.25) is 5.02 Å². The lowest BCUT2D eigenvalue weighted by molar-refractivity contribution is -0.673. The lowest BCUT2D eigenvalue weighted by atomic mass is 10.1. The van der Waals surface area contributed by atoms with E-state index in [2.05, 4.69) is 6.92 Å². The maximum absolute atomic E-state index is 13.5. The minimum absolute atomic E-state index is 0. The van der Waals surface area contributed by atoms with Gasteiger partial charge < -0.3 is 28.7 Å². The maximum atomic E-state index is 13.5. The number of carbonyl (C=O) groups is 1. The molecule has 3 rings (SSSR count). The van der Waals surface area contributed by atoms with Crippen LogP contribution in [-0.2, 0) is 13.6 Å². The van der Waals surface area contributed by atoms with Gasteiger partial charge in [0.25, 0.3) is 5.69 Å². The second kappa shape index (κ2) is 18.2. The van der Waals surface area contributed by atoms with Crippen molar-refractivity contribution in [2.75, 3.05) is 11.5 Å². The van der Waals surface area contributed by atoms with Crippen molar-refractivity contribution in [3.63, 3.8) is 0 Å². The van der Waals surface area contributed by atoms with Crippen LogP contribution in [0.3, 0.4) is 0 Å². The van der Waals surface area contributed by atoms with Gasteiger partial charge in [-0.1, -0.05) is 101 Å². The number of halogens is 2. The molecule has 4 nitrogen and oxygen atoms in total. The fourth-order valence-corrected chi connectivity index (χ4v) is 4.74. The number of hydrogen-bond acceptors (Lipinski definition) is 2. The number of aromatic nitrogens is 1. The maximum Gasteiger partial charge on any atom is 0.323 e. The molecule has 0 fully saturated rings. The Hall–Kier alpha value is -2.12. The van der Waals surface area contributed by atoms with Crippen LogP contribution in [0, 0.1) is 0 Å². The summed E-state index contributed by atoms with van der Waals surface area (Å²) in [5.41, 5.74) is 2.41. The number of para-hydroxylation sites is 1. The third-order valence-corrected chi connectivity index (χ3v) is 6.97. The molecule has 0 radical (unpaired) electrons. The van der Waals surface area contributed by atoms with Gasteiger partial charge in [0.1, 0.15) is 12.8 Å². The molecule has 206 valence electrons. The predicted molar refractivity (Wildman–Crippen MR) is 153 cm³/mol. The van der Waals surface area contributed by atoms with Crippen molar-refractivity contribution < 1.29 is 38.1 Å². The van der Waals surface area contributed by atoms with Crippen molar-refractivity contribution in [1.29, 1.82) is 0 Å². The lowest BCUT2D eigenvalue weighted by Gasteiger charge is -2.22. The first-order chi connectivity index (χ1) is 18.1. The standard InChI is InChI=1S/C32H42ClN2O2.HI/c1-3-4-5-6-7-8-9-10-11-17-24-37-31-22-21-27(25-29(31)33)26-35(28-18-13-12-14-19-28)32(36)30-20-15-16-23-34(30)2;/h12-16,18-23,25H,3-11,17,24,26H2,1-2H3;1H/q+1;/p-1. The van der Waals surface area contributed by atoms with E-state index in [1.54, 1.807) is 4.90 Å². The van der Waals surface area contributed by atoms with E-state index in [9.17, 15) is 4.79 Å². The number of carbonyl (C=O) groups excluding carboxylic acids is 1. The van der Waals surface area contributed by atoms with E-state index in [0.29, 0.717) is 29.6 Å². The first-order valence-electron chi connectivity index (χ1n) is 13.8. The van der Waals surface area contributed by atoms with Crippen molar-refractivity contribution in [2.24, 2.45) is 7.05 Å². The quantitative estimate of drug-likeness (QED) is 0.120. The summed E-state index contributed by atoms with van der Waals surface area (Å²) in [5.74, 6) is 0.639. The van der Waals surface area contributed by atoms with Gasteiger partial charge in [-0.15, -0.1) is 0 Å². The van der Waals surface area contributed by atoms with E-state index < -0.39 is 0 Å². The molecule has 1 aromatic heterocycles. The van der Waals surface area contributed by atoms with E-state index in [0.717, 1.165) is 17.7 Å². The number of ether oxygens (including phenoxy) is 1. The minimum Gasteiger partial charge on any atom is -1.00 e. The Labute approximate surface area is 251 Å². The Kier molecular flexibility index (Phi) is 15.4. The molecule has 3 aromatic rings. The molecule has 0 bridgehead atoms. The highest BCUT2D eigenvalue weighted by atomic mass is 127. The fraction of sp³-hybridized carbons (Fsp3) is 0.438. The van der Waals surface area contributed by atoms with Crippen LogP contribution in [0.1, 0.15) is 87.2 Å². The molecular formula is C32H42ClIN2O2. The molecule has 0 spiro atoms. The van der Waals surface area contributed by atoms with Crippen molar-refractivity contribution in [2.45, 2.75) is 77.7 Å². The van der Waals surface area contributed by atoms with Crippen molar-refractivity contribution in [1.82, 2.24) is 0 Å². The van der Waals surface area contributed by atoms with E-state index in [1.807, 2.05) is 84.5 Å². The van der Waals surface area contributed by atoms with Crippen LogP contribution in [-0.4, -0.2) is 12.5 Å². The number of rotatable bonds is 16. The largest absolute Gasteiger partial charge is 1.00 e. The highest BCUT2D eigenvalue weighted by Gasteiger charge is 2.25. The zero-order chi connectivity index (χ0) is 26.3. The second-order valence-electron chi connectivity index (χ2n) is 9.72. The fourth-order valence-electron chi connectivity index (χ4n) is 4.49. The van der Waals surface area contributed by atoms with Gasteiger partial charge in [-0.05, 0) is 42.3 Å². The molecule has 0 saturated heterocycles. The monoisotopic (exact) mass is 648 g/mol. The molecule has 0 unspecified atom stereocenters. The number of hydrogen-bond donors (Lipinski definition) is 0. The second-order valence-corrected chi connectivity index (χ2v) is 10.1. The van der Waals surface area contributed by atoms with Gasteiger partial charge in [-0.2, -0.15) is 4.57 Å². The van der Waals surface area contributed by atoms with Gasteiger partial charge in [0, 0.05) is 17.8 Å². The Balaban J connectivity index is 0.00000507. The number of benzene rings is 2. The van der Waals surface area contributed by atoms with Crippen molar-refractivity contribution in [3.05, 3.63) is 89.2 Å². The highest BCUT2D eigenvalue weighted by Crippen LogP contribution is 2.28. The molecule has 0 aliphatic carbocycles. The third kappa shape index (κ3) is 10.6. The molecule has 1 heterocycles. The van der Waals surface area contributed by atoms with Crippen molar-refractivity contribution >= 4 is 23.2 Å². The molecule has 0 aliphatic heterocycles. The molecule has 6 heteroatoms. The summed E-state index contributed by atoms with van der Waals surface area (Å²) in [7, 11) is 1.88. The van der Waals surface area contributed by atoms with Crippen molar-refractivity contribution in [3.8, 4) is 5.75 Å². The van der Waals surface area contributed by atoms with Crippen LogP contribution in [0.5, 0.6) is 5.75 Å². The molecule has 2 aromatic carbocycles. The average molecular weight is 649 g/mol. The molecular weight excluding hydrogens is 607 g/mol. The van der Waals surface area contributed by atoms with Crippen LogP contribution < -0.4 is 38.2 Å². The zero-order valence-electron chi connectivity index (χ0n) is 22.9. The molecule has 0 aliphatic rings. The molecule has 0 saturated carbocycles. The van der Waals surface area contributed by atoms with Gasteiger partial charge >= 0.3 is 5.91 Å². The van der Waals surface area contributed by atoms with E-state index in [-0.39, 0.29) is 29.9 Å². The van der Waals surface area contributed by atoms with E-state index >= 15 is 0 Å². The summed E-state index contributed by atoms with van der Waals surface area (Å²) in [6.07, 6.45) is 14.9. The molecule has 0 N–H and O–H groups in total. The van der Waals surface area contributed by atoms with Crippen LogP contribution in [0.4, 0.5) is 5.69 Å². The molecule has 0 atom stereocenters. The summed E-state index contributed by atoms with van der Waals surface area (Å²) in [4.78, 5) is 15.3. The van der Waals surface area contributed by atoms with Gasteiger partial charge in [0.2, 0.25) is 0 Å². The number of anilines is 1. The molecule has 1 amide bonds. The summed E-state index contributed by atoms with van der Waals surface area (Å²) < 4.78 is 7.81. The zero-order valence-corrected chi connectivity index (χ0v) is 25.8. The van der Waals surface area contributed by atoms with Gasteiger partial charge in [0.15, 0.2) is 6.20 Å². The summed E-state index contributed by atoms with van der Waals surface area (Å²) in [6, 6.07) is 21.2. The topological polar surface area (TPSA) is 33.4 Å². The Bertz CT molecular complexity index is 1090. The average Bonchev–Trinajstić information content (AvgIpc) is 2.92. The summed E-state index contributed by atoms with van der Waals surface area (Å²) >= 11 is 6.58. The normalized spacial score (nSPS) is 10.6. The van der Waals surface area contributed by atoms with Gasteiger partial charge in [0.05, 0.1) is 18.2 Å². The lowest BCUT2D eigenvalue weighted by Crippen LogP contribution is -3.00. The van der Waals surface area contributed by atoms with Crippen LogP contribution >= 0.6 is 11.6 Å². The van der Waals surface area contributed by atoms with E-state index in [1.165, 1.54) is 57.8 Å². The van der Waals surface area contributed by atoms with Gasteiger partial charge in [-0.25, -0.2) is 0 Å². The minimum atomic E-state index is -0.0632. The number of pyridine rings is 1.